The molecule has 94 valence electrons. The molecule has 0 fully saturated rings. The predicted octanol–water partition coefficient (Wildman–Crippen LogP) is 3.63. The van der Waals surface area contributed by atoms with Crippen molar-refractivity contribution in [2.45, 2.75) is 18.9 Å². The van der Waals surface area contributed by atoms with E-state index in [1.807, 2.05) is 12.1 Å². The third kappa shape index (κ3) is 2.49. The molecule has 6 heteroatoms. The largest absolute Gasteiger partial charge is 0.493 e. The molecular formula is C12H12BrN3OS. The number of anilines is 1. The summed E-state index contributed by atoms with van der Waals surface area (Å²) in [6.45, 7) is 0.762. The molecule has 3 rings (SSSR count). The van der Waals surface area contributed by atoms with Crippen molar-refractivity contribution < 1.29 is 4.74 Å². The minimum atomic E-state index is 0.239. The number of halogens is 1. The minimum Gasteiger partial charge on any atom is -0.493 e. The summed E-state index contributed by atoms with van der Waals surface area (Å²) in [7, 11) is 0. The number of ether oxygens (including phenoxy) is 1. The standard InChI is InChI=1S/C12H12BrN3OS/c13-8-3-4-9-10(15-12-16-14-7-18-12)2-1-5-17-11(9)6-8/h3-4,6-7,10H,1-2,5H2,(H,15,16). The van der Waals surface area contributed by atoms with E-state index in [4.69, 9.17) is 4.74 Å². The van der Waals surface area contributed by atoms with Crippen LogP contribution in [0.1, 0.15) is 24.4 Å². The molecule has 0 saturated carbocycles. The van der Waals surface area contributed by atoms with Crippen molar-refractivity contribution in [3.63, 3.8) is 0 Å². The zero-order chi connectivity index (χ0) is 12.4. The van der Waals surface area contributed by atoms with Gasteiger partial charge in [0.1, 0.15) is 11.3 Å². The molecule has 1 aromatic carbocycles. The summed E-state index contributed by atoms with van der Waals surface area (Å²) in [6.07, 6.45) is 2.07. The van der Waals surface area contributed by atoms with Gasteiger partial charge in [-0.25, -0.2) is 0 Å². The van der Waals surface area contributed by atoms with Gasteiger partial charge in [0.05, 0.1) is 12.6 Å². The van der Waals surface area contributed by atoms with E-state index in [2.05, 4.69) is 37.5 Å². The maximum atomic E-state index is 5.78. The third-order valence-corrected chi connectivity index (χ3v) is 4.02. The lowest BCUT2D eigenvalue weighted by molar-refractivity contribution is 0.316. The molecule has 18 heavy (non-hydrogen) atoms. The van der Waals surface area contributed by atoms with Gasteiger partial charge in [-0.2, -0.15) is 0 Å². The zero-order valence-corrected chi connectivity index (χ0v) is 12.0. The van der Waals surface area contributed by atoms with E-state index in [0.29, 0.717) is 0 Å². The summed E-state index contributed by atoms with van der Waals surface area (Å²) >= 11 is 4.99. The highest BCUT2D eigenvalue weighted by atomic mass is 79.9. The van der Waals surface area contributed by atoms with Crippen molar-refractivity contribution in [1.82, 2.24) is 10.2 Å². The van der Waals surface area contributed by atoms with Gasteiger partial charge in [-0.1, -0.05) is 33.3 Å². The summed E-state index contributed by atoms with van der Waals surface area (Å²) in [4.78, 5) is 0. The normalized spacial score (nSPS) is 18.6. The Morgan fingerprint density at radius 1 is 1.44 bits per heavy atom. The summed E-state index contributed by atoms with van der Waals surface area (Å²) < 4.78 is 6.82. The van der Waals surface area contributed by atoms with Gasteiger partial charge in [-0.15, -0.1) is 10.2 Å². The summed E-state index contributed by atoms with van der Waals surface area (Å²) in [5.74, 6) is 0.948. The topological polar surface area (TPSA) is 47.0 Å². The van der Waals surface area contributed by atoms with Crippen LogP contribution < -0.4 is 10.1 Å². The van der Waals surface area contributed by atoms with E-state index < -0.39 is 0 Å². The lowest BCUT2D eigenvalue weighted by atomic mass is 10.0. The van der Waals surface area contributed by atoms with Crippen molar-refractivity contribution in [3.8, 4) is 5.75 Å². The summed E-state index contributed by atoms with van der Waals surface area (Å²) in [6, 6.07) is 6.41. The molecule has 1 aliphatic rings. The number of hydrogen-bond acceptors (Lipinski definition) is 5. The van der Waals surface area contributed by atoms with E-state index in [0.717, 1.165) is 34.8 Å². The molecule has 0 amide bonds. The number of aromatic nitrogens is 2. The van der Waals surface area contributed by atoms with Crippen LogP contribution in [0, 0.1) is 0 Å². The molecule has 1 aliphatic heterocycles. The third-order valence-electron chi connectivity index (χ3n) is 2.90. The van der Waals surface area contributed by atoms with Crippen molar-refractivity contribution in [2.24, 2.45) is 0 Å². The molecule has 0 saturated heterocycles. The lowest BCUT2D eigenvalue weighted by Crippen LogP contribution is -2.10. The number of nitrogens with zero attached hydrogens (tertiary/aromatic N) is 2. The summed E-state index contributed by atoms with van der Waals surface area (Å²) in [5.41, 5.74) is 2.92. The Labute approximate surface area is 118 Å². The molecular weight excluding hydrogens is 314 g/mol. The van der Waals surface area contributed by atoms with Gasteiger partial charge < -0.3 is 10.1 Å². The molecule has 1 unspecified atom stereocenters. The first-order valence-corrected chi connectivity index (χ1v) is 7.45. The molecule has 0 spiro atoms. The molecule has 0 radical (unpaired) electrons. The zero-order valence-electron chi connectivity index (χ0n) is 9.60. The van der Waals surface area contributed by atoms with Gasteiger partial charge in [0.15, 0.2) is 0 Å². The molecule has 1 N–H and O–H groups in total. The average molecular weight is 326 g/mol. The van der Waals surface area contributed by atoms with Crippen LogP contribution in [0.3, 0.4) is 0 Å². The van der Waals surface area contributed by atoms with Crippen molar-refractivity contribution >= 4 is 32.4 Å². The van der Waals surface area contributed by atoms with Crippen LogP contribution in [0.15, 0.2) is 28.2 Å². The first-order valence-electron chi connectivity index (χ1n) is 5.78. The van der Waals surface area contributed by atoms with E-state index in [9.17, 15) is 0 Å². The SMILES string of the molecule is Brc1ccc2c(c1)OCCCC2Nc1nncs1. The van der Waals surface area contributed by atoms with Crippen molar-refractivity contribution in [3.05, 3.63) is 33.7 Å². The maximum absolute atomic E-state index is 5.78. The van der Waals surface area contributed by atoms with E-state index in [1.165, 1.54) is 16.9 Å². The highest BCUT2D eigenvalue weighted by molar-refractivity contribution is 9.10. The molecule has 1 aromatic heterocycles. The number of fused-ring (bicyclic) bond motifs is 1. The molecule has 1 atom stereocenters. The van der Waals surface area contributed by atoms with Gasteiger partial charge >= 0.3 is 0 Å². The second-order valence-corrected chi connectivity index (χ2v) is 5.86. The fourth-order valence-corrected chi connectivity index (χ4v) is 2.92. The fraction of sp³-hybridized carbons (Fsp3) is 0.333. The summed E-state index contributed by atoms with van der Waals surface area (Å²) in [5, 5.41) is 12.2. The number of benzene rings is 1. The highest BCUT2D eigenvalue weighted by Gasteiger charge is 2.20. The van der Waals surface area contributed by atoms with E-state index >= 15 is 0 Å². The fourth-order valence-electron chi connectivity index (χ4n) is 2.08. The van der Waals surface area contributed by atoms with Gasteiger partial charge in [0.25, 0.3) is 0 Å². The predicted molar refractivity (Wildman–Crippen MR) is 75.1 cm³/mol. The van der Waals surface area contributed by atoms with Crippen molar-refractivity contribution in [1.29, 1.82) is 0 Å². The first kappa shape index (κ1) is 11.9. The van der Waals surface area contributed by atoms with Crippen LogP contribution in [0.2, 0.25) is 0 Å². The minimum absolute atomic E-state index is 0.239. The Morgan fingerprint density at radius 2 is 2.39 bits per heavy atom. The maximum Gasteiger partial charge on any atom is 0.205 e. The van der Waals surface area contributed by atoms with Gasteiger partial charge in [0, 0.05) is 10.0 Å². The van der Waals surface area contributed by atoms with Gasteiger partial charge in [-0.05, 0) is 25.0 Å². The van der Waals surface area contributed by atoms with E-state index in [1.54, 1.807) is 5.51 Å². The number of rotatable bonds is 2. The highest BCUT2D eigenvalue weighted by Crippen LogP contribution is 2.35. The average Bonchev–Trinajstić information content (AvgIpc) is 2.79. The number of hydrogen-bond donors (Lipinski definition) is 1. The Hall–Kier alpha value is -1.14. The Balaban J connectivity index is 1.91. The first-order chi connectivity index (χ1) is 8.83. The van der Waals surface area contributed by atoms with Crippen molar-refractivity contribution in [2.75, 3.05) is 11.9 Å². The van der Waals surface area contributed by atoms with Gasteiger partial charge in [0.2, 0.25) is 5.13 Å². The Bertz CT molecular complexity index is 532. The van der Waals surface area contributed by atoms with Crippen LogP contribution in [-0.2, 0) is 0 Å². The van der Waals surface area contributed by atoms with Crippen LogP contribution in [0.25, 0.3) is 0 Å². The monoisotopic (exact) mass is 325 g/mol. The molecule has 4 nitrogen and oxygen atoms in total. The quantitative estimate of drug-likeness (QED) is 0.915. The smallest absolute Gasteiger partial charge is 0.205 e. The Morgan fingerprint density at radius 3 is 3.22 bits per heavy atom. The van der Waals surface area contributed by atoms with Crippen LogP contribution in [0.4, 0.5) is 5.13 Å². The second-order valence-electron chi connectivity index (χ2n) is 4.11. The number of nitrogens with one attached hydrogen (secondary N) is 1. The van der Waals surface area contributed by atoms with Crippen LogP contribution in [-0.4, -0.2) is 16.8 Å². The second kappa shape index (κ2) is 5.24. The van der Waals surface area contributed by atoms with Gasteiger partial charge in [-0.3, -0.25) is 0 Å². The van der Waals surface area contributed by atoms with E-state index in [-0.39, 0.29) is 6.04 Å². The van der Waals surface area contributed by atoms with Crippen LogP contribution in [0.5, 0.6) is 5.75 Å². The Kier molecular flexibility index (Phi) is 3.47. The molecule has 2 aromatic rings. The lowest BCUT2D eigenvalue weighted by Gasteiger charge is -2.17. The molecule has 0 aliphatic carbocycles. The van der Waals surface area contributed by atoms with Crippen LogP contribution >= 0.6 is 27.3 Å². The molecule has 0 bridgehead atoms. The molecule has 2 heterocycles.